The van der Waals surface area contributed by atoms with Crippen molar-refractivity contribution in [3.8, 4) is 0 Å². The van der Waals surface area contributed by atoms with Gasteiger partial charge in [-0.3, -0.25) is 9.26 Å². The van der Waals surface area contributed by atoms with Gasteiger partial charge < -0.3 is 0 Å². The Morgan fingerprint density at radius 1 is 1.23 bits per heavy atom. The van der Waals surface area contributed by atoms with Crippen molar-refractivity contribution in [3.63, 3.8) is 0 Å². The lowest BCUT2D eigenvalue weighted by Crippen LogP contribution is -1.97. The molecule has 0 aliphatic carbocycles. The Morgan fingerprint density at radius 3 is 2.00 bits per heavy atom. The van der Waals surface area contributed by atoms with E-state index in [9.17, 15) is 8.42 Å². The highest BCUT2D eigenvalue weighted by Gasteiger charge is 2.07. The highest BCUT2D eigenvalue weighted by molar-refractivity contribution is 9.08. The van der Waals surface area contributed by atoms with Crippen molar-refractivity contribution in [1.82, 2.24) is 0 Å². The van der Waals surface area contributed by atoms with Crippen molar-refractivity contribution in [3.05, 3.63) is 29.8 Å². The fourth-order valence-corrected chi connectivity index (χ4v) is 1.60. The number of hydrogen-bond acceptors (Lipinski definition) is 2. The third-order valence-electron chi connectivity index (χ3n) is 1.38. The number of benzene rings is 1. The molecule has 0 heterocycles. The normalized spacial score (nSPS) is 10.6. The average Bonchev–Trinajstić information content (AvgIpc) is 2.03. The zero-order valence-corrected chi connectivity index (χ0v) is 8.88. The average molecular weight is 271 g/mol. The molecule has 1 N–H and O–H groups in total. The van der Waals surface area contributed by atoms with Crippen molar-refractivity contribution in [2.24, 2.45) is 0 Å². The van der Waals surface area contributed by atoms with Crippen LogP contribution in [-0.2, 0) is 15.4 Å². The smallest absolute Gasteiger partial charge is 0.282 e. The largest absolute Gasteiger partial charge is 0.294 e. The third-order valence-corrected chi connectivity index (χ3v) is 2.89. The molecule has 0 atom stereocenters. The van der Waals surface area contributed by atoms with Crippen LogP contribution in [0.4, 0.5) is 4.70 Å². The van der Waals surface area contributed by atoms with E-state index in [1.165, 1.54) is 12.1 Å². The van der Waals surface area contributed by atoms with Crippen LogP contribution < -0.4 is 0 Å². The summed E-state index contributed by atoms with van der Waals surface area (Å²) in [5.74, 6) is 0. The summed E-state index contributed by atoms with van der Waals surface area (Å²) in [5.41, 5.74) is 0.961. The lowest BCUT2D eigenvalue weighted by Gasteiger charge is -1.97. The molecule has 1 rings (SSSR count). The van der Waals surface area contributed by atoms with E-state index < -0.39 is 10.1 Å². The number of hydrogen-bond donors (Lipinski definition) is 1. The first-order chi connectivity index (χ1) is 5.54. The number of alkyl halides is 1. The van der Waals surface area contributed by atoms with Gasteiger partial charge in [0.25, 0.3) is 10.1 Å². The van der Waals surface area contributed by atoms with Crippen LogP contribution in [0.3, 0.4) is 0 Å². The van der Waals surface area contributed by atoms with Crippen LogP contribution in [0.25, 0.3) is 0 Å². The van der Waals surface area contributed by atoms with Crippen molar-refractivity contribution in [1.29, 1.82) is 0 Å². The van der Waals surface area contributed by atoms with Crippen LogP contribution in [0.15, 0.2) is 29.2 Å². The minimum atomic E-state index is -4.04. The second-order valence-corrected chi connectivity index (χ2v) is 4.23. The quantitative estimate of drug-likeness (QED) is 0.661. The van der Waals surface area contributed by atoms with Gasteiger partial charge in [-0.05, 0) is 17.7 Å². The predicted molar refractivity (Wildman–Crippen MR) is 51.4 cm³/mol. The van der Waals surface area contributed by atoms with E-state index in [4.69, 9.17) is 4.55 Å². The van der Waals surface area contributed by atoms with Crippen LogP contribution in [0.2, 0.25) is 0 Å². The Bertz CT molecular complexity index is 360. The van der Waals surface area contributed by atoms with Crippen molar-refractivity contribution >= 4 is 26.0 Å². The summed E-state index contributed by atoms with van der Waals surface area (Å²) < 4.78 is 29.8. The van der Waals surface area contributed by atoms with Crippen LogP contribution in [-0.4, -0.2) is 13.0 Å². The zero-order chi connectivity index (χ0) is 9.19. The van der Waals surface area contributed by atoms with Gasteiger partial charge in [0, 0.05) is 5.33 Å². The zero-order valence-electron chi connectivity index (χ0n) is 6.47. The molecule has 0 saturated heterocycles. The molecule has 6 heteroatoms. The van der Waals surface area contributed by atoms with Gasteiger partial charge in [0.15, 0.2) is 0 Å². The summed E-state index contributed by atoms with van der Waals surface area (Å²) in [6, 6.07) is 6.01. The van der Waals surface area contributed by atoms with Gasteiger partial charge in [0.05, 0.1) is 4.90 Å². The third kappa shape index (κ3) is 3.41. The van der Waals surface area contributed by atoms with Gasteiger partial charge in [-0.15, -0.1) is 0 Å². The molecule has 3 nitrogen and oxygen atoms in total. The minimum Gasteiger partial charge on any atom is -0.282 e. The molecule has 1 aromatic rings. The van der Waals surface area contributed by atoms with Gasteiger partial charge in [-0.1, -0.05) is 28.1 Å². The molecule has 0 spiro atoms. The molecule has 0 bridgehead atoms. The molecule has 0 aromatic heterocycles. The Kier molecular flexibility index (Phi) is 4.52. The maximum atomic E-state index is 10.6. The Morgan fingerprint density at radius 2 is 1.69 bits per heavy atom. The first-order valence-electron chi connectivity index (χ1n) is 3.16. The molecule has 0 unspecified atom stereocenters. The number of halogens is 2. The monoisotopic (exact) mass is 270 g/mol. The molecule has 0 aliphatic heterocycles. The van der Waals surface area contributed by atoms with Gasteiger partial charge in [-0.2, -0.15) is 8.42 Å². The second-order valence-electron chi connectivity index (χ2n) is 2.25. The molecule has 13 heavy (non-hydrogen) atoms. The van der Waals surface area contributed by atoms with E-state index in [2.05, 4.69) is 15.9 Å². The predicted octanol–water partition coefficient (Wildman–Crippen LogP) is 1.98. The van der Waals surface area contributed by atoms with Gasteiger partial charge >= 0.3 is 0 Å². The summed E-state index contributed by atoms with van der Waals surface area (Å²) in [6.45, 7) is 0. The molecule has 0 aliphatic rings. The maximum absolute atomic E-state index is 10.6. The minimum absolute atomic E-state index is 0. The summed E-state index contributed by atoms with van der Waals surface area (Å²) in [7, 11) is -4.04. The summed E-state index contributed by atoms with van der Waals surface area (Å²) in [4.78, 5) is -0.0767. The SMILES string of the molecule is F.O=S(=O)(O)c1ccc(CBr)cc1. The van der Waals surface area contributed by atoms with Gasteiger partial charge in [-0.25, -0.2) is 0 Å². The first-order valence-corrected chi connectivity index (χ1v) is 5.72. The second kappa shape index (κ2) is 4.69. The standard InChI is InChI=1S/C7H7BrO3S.FH/c8-5-6-1-3-7(4-2-6)12(9,10)11;/h1-4H,5H2,(H,9,10,11);1H. The van der Waals surface area contributed by atoms with E-state index in [0.29, 0.717) is 5.33 Å². The fraction of sp³-hybridized carbons (Fsp3) is 0.143. The lowest BCUT2D eigenvalue weighted by atomic mass is 10.2. The van der Waals surface area contributed by atoms with E-state index in [0.717, 1.165) is 5.56 Å². The molecule has 74 valence electrons. The van der Waals surface area contributed by atoms with Crippen LogP contribution in [0.1, 0.15) is 5.56 Å². The van der Waals surface area contributed by atoms with Crippen molar-refractivity contribution in [2.75, 3.05) is 0 Å². The Balaban J connectivity index is 0.00000144. The number of rotatable bonds is 2. The molecule has 0 amide bonds. The van der Waals surface area contributed by atoms with Gasteiger partial charge in [0.1, 0.15) is 0 Å². The summed E-state index contributed by atoms with van der Waals surface area (Å²) in [6.07, 6.45) is 0. The van der Waals surface area contributed by atoms with Crippen molar-refractivity contribution < 1.29 is 17.7 Å². The molecule has 0 saturated carbocycles. The first kappa shape index (κ1) is 12.5. The van der Waals surface area contributed by atoms with E-state index >= 15 is 0 Å². The Labute approximate surface area is 84.0 Å². The molecule has 1 aromatic carbocycles. The van der Waals surface area contributed by atoms with E-state index in [1.807, 2.05) is 0 Å². The lowest BCUT2D eigenvalue weighted by molar-refractivity contribution is 0.483. The highest BCUT2D eigenvalue weighted by atomic mass is 79.9. The summed E-state index contributed by atoms with van der Waals surface area (Å²) in [5, 5.41) is 0.665. The molecule has 0 radical (unpaired) electrons. The highest BCUT2D eigenvalue weighted by Crippen LogP contribution is 2.11. The van der Waals surface area contributed by atoms with Crippen molar-refractivity contribution in [2.45, 2.75) is 10.2 Å². The van der Waals surface area contributed by atoms with Crippen LogP contribution in [0.5, 0.6) is 0 Å². The van der Waals surface area contributed by atoms with Gasteiger partial charge in [0.2, 0.25) is 0 Å². The topological polar surface area (TPSA) is 54.4 Å². The maximum Gasteiger partial charge on any atom is 0.294 e. The van der Waals surface area contributed by atoms with E-state index in [1.54, 1.807) is 12.1 Å². The van der Waals surface area contributed by atoms with E-state index in [-0.39, 0.29) is 9.60 Å². The molecular formula is C7H8BrFO3S. The molecule has 0 fully saturated rings. The fourth-order valence-electron chi connectivity index (χ4n) is 0.751. The molecular weight excluding hydrogens is 263 g/mol. The Hall–Kier alpha value is -0.460. The summed E-state index contributed by atoms with van der Waals surface area (Å²) >= 11 is 3.22. The van der Waals surface area contributed by atoms with Crippen LogP contribution >= 0.6 is 15.9 Å². The van der Waals surface area contributed by atoms with Crippen LogP contribution in [0, 0.1) is 0 Å².